The number of likely N-dealkylation sites (N-methyl/N-ethyl adjacent to an activating group) is 1. The summed E-state index contributed by atoms with van der Waals surface area (Å²) >= 11 is 5.36. The van der Waals surface area contributed by atoms with Gasteiger partial charge in [0.05, 0.1) is 0 Å². The summed E-state index contributed by atoms with van der Waals surface area (Å²) in [6.07, 6.45) is 0. The number of carbonyl (C=O) groups excluding carboxylic acids is 1. The van der Waals surface area contributed by atoms with Crippen LogP contribution < -0.4 is 5.32 Å². The van der Waals surface area contributed by atoms with Gasteiger partial charge >= 0.3 is 0 Å². The number of rotatable bonds is 7. The summed E-state index contributed by atoms with van der Waals surface area (Å²) < 4.78 is 2.15. The standard InChI is InChI=1S/C24H30N6OS/c1-3-28-11-13-29(14-12-28)16-19-7-9-21(10-8-19)25-22(31)17-30-23(26-27-24(30)32)20-6-4-5-18(2)15-20/h4-10,15H,3,11-14,16-17H2,1-2H3,(H,25,31)(H,27,32). The van der Waals surface area contributed by atoms with E-state index in [-0.39, 0.29) is 12.5 Å². The summed E-state index contributed by atoms with van der Waals surface area (Å²) in [5.74, 6) is 0.521. The summed E-state index contributed by atoms with van der Waals surface area (Å²) in [5, 5.41) is 10.1. The van der Waals surface area contributed by atoms with Crippen LogP contribution in [0.2, 0.25) is 0 Å². The van der Waals surface area contributed by atoms with Crippen LogP contribution in [0, 0.1) is 11.7 Å². The molecule has 0 bridgehead atoms. The first-order valence-electron chi connectivity index (χ1n) is 11.1. The van der Waals surface area contributed by atoms with Gasteiger partial charge in [-0.1, -0.05) is 42.8 Å². The molecule has 1 aliphatic heterocycles. The maximum Gasteiger partial charge on any atom is 0.244 e. The van der Waals surface area contributed by atoms with Gasteiger partial charge in [-0.2, -0.15) is 5.10 Å². The van der Waals surface area contributed by atoms with Gasteiger partial charge in [0.1, 0.15) is 6.54 Å². The molecule has 0 aliphatic carbocycles. The summed E-state index contributed by atoms with van der Waals surface area (Å²) in [5.41, 5.74) is 4.09. The molecule has 1 aromatic heterocycles. The molecule has 7 nitrogen and oxygen atoms in total. The van der Waals surface area contributed by atoms with E-state index in [2.05, 4.69) is 44.4 Å². The molecule has 0 unspecified atom stereocenters. The maximum absolute atomic E-state index is 12.7. The molecule has 32 heavy (non-hydrogen) atoms. The Morgan fingerprint density at radius 2 is 1.81 bits per heavy atom. The number of amides is 1. The third kappa shape index (κ3) is 5.51. The number of benzene rings is 2. The van der Waals surface area contributed by atoms with E-state index in [0.29, 0.717) is 10.6 Å². The van der Waals surface area contributed by atoms with Crippen molar-refractivity contribution < 1.29 is 4.79 Å². The molecule has 168 valence electrons. The maximum atomic E-state index is 12.7. The van der Waals surface area contributed by atoms with Crippen molar-refractivity contribution in [3.8, 4) is 11.4 Å². The zero-order chi connectivity index (χ0) is 22.5. The lowest BCUT2D eigenvalue weighted by molar-refractivity contribution is -0.116. The number of aromatic amines is 1. The van der Waals surface area contributed by atoms with E-state index in [1.807, 2.05) is 43.3 Å². The highest BCUT2D eigenvalue weighted by Crippen LogP contribution is 2.19. The molecule has 2 N–H and O–H groups in total. The average molecular weight is 451 g/mol. The van der Waals surface area contributed by atoms with Crippen LogP contribution in [0.25, 0.3) is 11.4 Å². The number of piperazine rings is 1. The zero-order valence-corrected chi connectivity index (χ0v) is 19.5. The van der Waals surface area contributed by atoms with Crippen molar-refractivity contribution >= 4 is 23.8 Å². The molecular weight excluding hydrogens is 420 g/mol. The summed E-state index contributed by atoms with van der Waals surface area (Å²) in [6, 6.07) is 16.1. The first-order valence-corrected chi connectivity index (χ1v) is 11.5. The van der Waals surface area contributed by atoms with Crippen LogP contribution in [-0.2, 0) is 17.9 Å². The van der Waals surface area contributed by atoms with Crippen LogP contribution in [0.1, 0.15) is 18.1 Å². The van der Waals surface area contributed by atoms with Crippen LogP contribution in [0.15, 0.2) is 48.5 Å². The quantitative estimate of drug-likeness (QED) is 0.538. The van der Waals surface area contributed by atoms with Crippen molar-refractivity contribution in [2.75, 3.05) is 38.0 Å². The lowest BCUT2D eigenvalue weighted by Gasteiger charge is -2.34. The molecule has 3 aromatic rings. The zero-order valence-electron chi connectivity index (χ0n) is 18.7. The Hall–Kier alpha value is -2.81. The second-order valence-electron chi connectivity index (χ2n) is 8.26. The third-order valence-electron chi connectivity index (χ3n) is 5.89. The minimum Gasteiger partial charge on any atom is -0.325 e. The predicted molar refractivity (Wildman–Crippen MR) is 130 cm³/mol. The molecule has 2 heterocycles. The number of aryl methyl sites for hydroxylation is 1. The fraction of sp³-hybridized carbons (Fsp3) is 0.375. The highest BCUT2D eigenvalue weighted by Gasteiger charge is 2.16. The van der Waals surface area contributed by atoms with Crippen LogP contribution in [0.3, 0.4) is 0 Å². The van der Waals surface area contributed by atoms with Crippen molar-refractivity contribution in [1.29, 1.82) is 0 Å². The van der Waals surface area contributed by atoms with Crippen molar-refractivity contribution in [2.24, 2.45) is 0 Å². The van der Waals surface area contributed by atoms with Gasteiger partial charge in [-0.05, 0) is 49.4 Å². The van der Waals surface area contributed by atoms with Gasteiger partial charge in [-0.25, -0.2) is 0 Å². The molecule has 1 fully saturated rings. The van der Waals surface area contributed by atoms with Crippen molar-refractivity contribution in [2.45, 2.75) is 26.9 Å². The van der Waals surface area contributed by atoms with Crippen molar-refractivity contribution in [3.63, 3.8) is 0 Å². The first kappa shape index (κ1) is 22.4. The van der Waals surface area contributed by atoms with Gasteiger partial charge in [-0.3, -0.25) is 19.4 Å². The van der Waals surface area contributed by atoms with Crippen LogP contribution >= 0.6 is 12.2 Å². The lowest BCUT2D eigenvalue weighted by atomic mass is 10.1. The molecular formula is C24H30N6OS. The largest absolute Gasteiger partial charge is 0.325 e. The molecule has 0 radical (unpaired) electrons. The van der Waals surface area contributed by atoms with E-state index < -0.39 is 0 Å². The van der Waals surface area contributed by atoms with E-state index in [9.17, 15) is 4.79 Å². The summed E-state index contributed by atoms with van der Waals surface area (Å²) in [4.78, 5) is 17.7. The van der Waals surface area contributed by atoms with Crippen LogP contribution in [-0.4, -0.2) is 63.2 Å². The predicted octanol–water partition coefficient (Wildman–Crippen LogP) is 3.69. The minimum absolute atomic E-state index is 0.0993. The van der Waals surface area contributed by atoms with Gasteiger partial charge in [0.2, 0.25) is 5.91 Å². The highest BCUT2D eigenvalue weighted by atomic mass is 32.1. The number of nitrogens with one attached hydrogen (secondary N) is 2. The molecule has 1 aliphatic rings. The number of hydrogen-bond acceptors (Lipinski definition) is 5. The van der Waals surface area contributed by atoms with E-state index in [1.165, 1.54) is 5.56 Å². The fourth-order valence-electron chi connectivity index (χ4n) is 4.03. The van der Waals surface area contributed by atoms with Gasteiger partial charge in [0.25, 0.3) is 0 Å². The number of carbonyl (C=O) groups is 1. The van der Waals surface area contributed by atoms with Gasteiger partial charge in [0, 0.05) is 44.0 Å². The fourth-order valence-corrected chi connectivity index (χ4v) is 4.23. The Labute approximate surface area is 194 Å². The number of anilines is 1. The van der Waals surface area contributed by atoms with Crippen LogP contribution in [0.4, 0.5) is 5.69 Å². The van der Waals surface area contributed by atoms with E-state index in [4.69, 9.17) is 12.2 Å². The van der Waals surface area contributed by atoms with Gasteiger partial charge < -0.3 is 10.2 Å². The van der Waals surface area contributed by atoms with E-state index >= 15 is 0 Å². The summed E-state index contributed by atoms with van der Waals surface area (Å²) in [6.45, 7) is 10.9. The average Bonchev–Trinajstić information content (AvgIpc) is 3.15. The normalized spacial score (nSPS) is 15.1. The molecule has 1 saturated heterocycles. The number of aromatic nitrogens is 3. The topological polar surface area (TPSA) is 69.2 Å². The van der Waals surface area contributed by atoms with E-state index in [1.54, 1.807) is 4.57 Å². The lowest BCUT2D eigenvalue weighted by Crippen LogP contribution is -2.45. The molecule has 0 spiro atoms. The molecule has 4 rings (SSSR count). The highest BCUT2D eigenvalue weighted by molar-refractivity contribution is 7.71. The van der Waals surface area contributed by atoms with Crippen molar-refractivity contribution in [1.82, 2.24) is 24.6 Å². The molecule has 1 amide bonds. The summed E-state index contributed by atoms with van der Waals surface area (Å²) in [7, 11) is 0. The van der Waals surface area contributed by atoms with Crippen molar-refractivity contribution in [3.05, 3.63) is 64.4 Å². The third-order valence-corrected chi connectivity index (χ3v) is 6.20. The molecule has 0 saturated carbocycles. The smallest absolute Gasteiger partial charge is 0.244 e. The Kier molecular flexibility index (Phi) is 7.14. The second-order valence-corrected chi connectivity index (χ2v) is 8.65. The Morgan fingerprint density at radius 1 is 1.09 bits per heavy atom. The number of nitrogens with zero attached hydrogens (tertiary/aromatic N) is 4. The van der Waals surface area contributed by atoms with Gasteiger partial charge in [-0.15, -0.1) is 0 Å². The first-order chi connectivity index (χ1) is 15.5. The Bertz CT molecular complexity index is 1110. The molecule has 0 atom stereocenters. The SMILES string of the molecule is CCN1CCN(Cc2ccc(NC(=O)Cn3c(-c4cccc(C)c4)n[nH]c3=S)cc2)CC1. The number of hydrogen-bond donors (Lipinski definition) is 2. The van der Waals surface area contributed by atoms with E-state index in [0.717, 1.165) is 56.1 Å². The second kappa shape index (κ2) is 10.2. The Morgan fingerprint density at radius 3 is 2.50 bits per heavy atom. The van der Waals surface area contributed by atoms with Gasteiger partial charge in [0.15, 0.2) is 10.6 Å². The molecule has 8 heteroatoms. The number of H-pyrrole nitrogens is 1. The molecule has 2 aromatic carbocycles. The monoisotopic (exact) mass is 450 g/mol. The van der Waals surface area contributed by atoms with Crippen LogP contribution in [0.5, 0.6) is 0 Å². The Balaban J connectivity index is 1.36. The minimum atomic E-state index is -0.139.